The van der Waals surface area contributed by atoms with E-state index in [-0.39, 0.29) is 12.6 Å². The molecule has 0 saturated carbocycles. The molecule has 0 unspecified atom stereocenters. The Kier molecular flexibility index (Phi) is 50.1. The van der Waals surface area contributed by atoms with E-state index in [2.05, 4.69) is 12.2 Å². The minimum Gasteiger partial charge on any atom is -0.463 e. The fourth-order valence-corrected chi connectivity index (χ4v) is 5.05. The van der Waals surface area contributed by atoms with Gasteiger partial charge < -0.3 is 62.2 Å². The van der Waals surface area contributed by atoms with Gasteiger partial charge in [0, 0.05) is 13.0 Å². The first-order valence-corrected chi connectivity index (χ1v) is 21.5. The first-order chi connectivity index (χ1) is 27.3. The van der Waals surface area contributed by atoms with Gasteiger partial charge in [0.05, 0.1) is 145 Å². The molecule has 330 valence electrons. The van der Waals surface area contributed by atoms with Crippen LogP contribution in [-0.4, -0.2) is 172 Å². The van der Waals surface area contributed by atoms with E-state index in [1.54, 1.807) is 0 Å². The summed E-state index contributed by atoms with van der Waals surface area (Å²) < 4.78 is 65.4. The standard InChI is InChI=1S/C41H83NO13/c1-3-4-5-6-7-8-9-10-11-12-13-14-15-16-41(43)55-40-39-54-38-37-53-36-35-52-34-33-51-32-31-50-30-29-49-28-27-48-26-25-47-24-23-46-22-21-45-20-19-44-18-17-42-2/h42H,3-40H2,1-2H3. The fraction of sp³-hybridized carbons (Fsp3) is 0.976. The quantitative estimate of drug-likeness (QED) is 0.0620. The number of likely N-dealkylation sites (N-methyl/N-ethyl adjacent to an activating group) is 1. The minimum atomic E-state index is -0.132. The van der Waals surface area contributed by atoms with Crippen molar-refractivity contribution in [3.8, 4) is 0 Å². The fourth-order valence-electron chi connectivity index (χ4n) is 5.05. The summed E-state index contributed by atoms with van der Waals surface area (Å²) in [5, 5.41) is 3.02. The second kappa shape index (κ2) is 51.0. The van der Waals surface area contributed by atoms with Gasteiger partial charge in [-0.15, -0.1) is 0 Å². The predicted molar refractivity (Wildman–Crippen MR) is 214 cm³/mol. The van der Waals surface area contributed by atoms with Gasteiger partial charge in [-0.1, -0.05) is 84.0 Å². The van der Waals surface area contributed by atoms with Crippen LogP contribution in [0.25, 0.3) is 0 Å². The molecule has 0 aliphatic carbocycles. The van der Waals surface area contributed by atoms with E-state index in [1.807, 2.05) is 7.05 Å². The van der Waals surface area contributed by atoms with Crippen LogP contribution in [0.5, 0.6) is 0 Å². The molecule has 0 bridgehead atoms. The number of ether oxygens (including phenoxy) is 12. The van der Waals surface area contributed by atoms with Gasteiger partial charge in [-0.25, -0.2) is 0 Å². The summed E-state index contributed by atoms with van der Waals surface area (Å²) in [5.41, 5.74) is 0. The molecule has 0 heterocycles. The summed E-state index contributed by atoms with van der Waals surface area (Å²) in [6.45, 7) is 14.7. The van der Waals surface area contributed by atoms with E-state index in [1.165, 1.54) is 70.6 Å². The average molecular weight is 798 g/mol. The van der Waals surface area contributed by atoms with Crippen LogP contribution in [0.4, 0.5) is 0 Å². The van der Waals surface area contributed by atoms with Gasteiger partial charge in [-0.3, -0.25) is 4.79 Å². The topological polar surface area (TPSA) is 140 Å². The summed E-state index contributed by atoms with van der Waals surface area (Å²) in [6, 6.07) is 0. The van der Waals surface area contributed by atoms with E-state index in [0.29, 0.717) is 152 Å². The number of esters is 1. The Labute approximate surface area is 334 Å². The monoisotopic (exact) mass is 798 g/mol. The zero-order valence-corrected chi connectivity index (χ0v) is 35.2. The lowest BCUT2D eigenvalue weighted by Crippen LogP contribution is -2.17. The van der Waals surface area contributed by atoms with Gasteiger partial charge in [0.1, 0.15) is 6.61 Å². The number of nitrogens with one attached hydrogen (secondary N) is 1. The summed E-state index contributed by atoms with van der Waals surface area (Å²) in [7, 11) is 1.90. The molecule has 1 N–H and O–H groups in total. The van der Waals surface area contributed by atoms with Crippen molar-refractivity contribution in [1.29, 1.82) is 0 Å². The molecular weight excluding hydrogens is 714 g/mol. The molecule has 0 fully saturated rings. The Balaban J connectivity index is 3.12. The van der Waals surface area contributed by atoms with Crippen LogP contribution in [0.1, 0.15) is 96.8 Å². The molecule has 0 radical (unpaired) electrons. The van der Waals surface area contributed by atoms with Gasteiger partial charge in [0.15, 0.2) is 0 Å². The zero-order valence-electron chi connectivity index (χ0n) is 35.2. The van der Waals surface area contributed by atoms with Crippen LogP contribution in [0.2, 0.25) is 0 Å². The molecule has 0 atom stereocenters. The van der Waals surface area contributed by atoms with Crippen LogP contribution in [0.3, 0.4) is 0 Å². The van der Waals surface area contributed by atoms with Crippen LogP contribution < -0.4 is 5.32 Å². The maximum atomic E-state index is 11.9. The van der Waals surface area contributed by atoms with Crippen LogP contribution in [-0.2, 0) is 61.6 Å². The van der Waals surface area contributed by atoms with Crippen LogP contribution in [0, 0.1) is 0 Å². The average Bonchev–Trinajstić information content (AvgIpc) is 3.19. The van der Waals surface area contributed by atoms with Crippen LogP contribution in [0.15, 0.2) is 0 Å². The Hall–Kier alpha value is -1.01. The SMILES string of the molecule is CCCCCCCCCCCCCCCC(=O)OCCOCCOCCOCCOCCOCCOCCOCCOCCOCCOCCOCCNC. The molecule has 14 heteroatoms. The molecule has 0 amide bonds. The second-order valence-corrected chi connectivity index (χ2v) is 13.1. The third kappa shape index (κ3) is 51.0. The van der Waals surface area contributed by atoms with E-state index in [9.17, 15) is 4.79 Å². The van der Waals surface area contributed by atoms with Gasteiger partial charge in [0.2, 0.25) is 0 Å². The molecule has 0 rings (SSSR count). The largest absolute Gasteiger partial charge is 0.463 e. The molecular formula is C41H83NO13. The van der Waals surface area contributed by atoms with E-state index in [0.717, 1.165) is 19.4 Å². The Morgan fingerprint density at radius 1 is 0.327 bits per heavy atom. The number of unbranched alkanes of at least 4 members (excludes halogenated alkanes) is 12. The molecule has 55 heavy (non-hydrogen) atoms. The molecule has 0 aromatic rings. The van der Waals surface area contributed by atoms with Crippen molar-refractivity contribution in [3.05, 3.63) is 0 Å². The maximum Gasteiger partial charge on any atom is 0.305 e. The van der Waals surface area contributed by atoms with Crippen molar-refractivity contribution < 1.29 is 61.6 Å². The number of hydrogen-bond donors (Lipinski definition) is 1. The van der Waals surface area contributed by atoms with Crippen LogP contribution >= 0.6 is 0 Å². The molecule has 0 saturated heterocycles. The summed E-state index contributed by atoms with van der Waals surface area (Å²) in [6.07, 6.45) is 17.3. The predicted octanol–water partition coefficient (Wildman–Crippen LogP) is 5.41. The highest BCUT2D eigenvalue weighted by atomic mass is 16.6. The first-order valence-electron chi connectivity index (χ1n) is 21.5. The van der Waals surface area contributed by atoms with Crippen molar-refractivity contribution in [1.82, 2.24) is 5.32 Å². The number of rotatable bonds is 50. The molecule has 0 aromatic heterocycles. The summed E-state index contributed by atoms with van der Waals surface area (Å²) in [5.74, 6) is -0.132. The lowest BCUT2D eigenvalue weighted by atomic mass is 10.0. The number of hydrogen-bond acceptors (Lipinski definition) is 14. The first kappa shape index (κ1) is 54.0. The van der Waals surface area contributed by atoms with Gasteiger partial charge in [-0.2, -0.15) is 0 Å². The van der Waals surface area contributed by atoms with Crippen molar-refractivity contribution in [2.45, 2.75) is 96.8 Å². The number of carbonyl (C=O) groups is 1. The summed E-state index contributed by atoms with van der Waals surface area (Å²) >= 11 is 0. The third-order valence-corrected chi connectivity index (χ3v) is 8.19. The highest BCUT2D eigenvalue weighted by molar-refractivity contribution is 5.69. The molecule has 0 aliphatic rings. The molecule has 0 aromatic carbocycles. The Bertz CT molecular complexity index is 711. The smallest absolute Gasteiger partial charge is 0.305 e. The second-order valence-electron chi connectivity index (χ2n) is 13.1. The van der Waals surface area contributed by atoms with E-state index in [4.69, 9.17) is 56.8 Å². The third-order valence-electron chi connectivity index (χ3n) is 8.19. The molecule has 0 spiro atoms. The zero-order chi connectivity index (χ0) is 39.6. The van der Waals surface area contributed by atoms with Gasteiger partial charge >= 0.3 is 5.97 Å². The van der Waals surface area contributed by atoms with Gasteiger partial charge in [0.25, 0.3) is 0 Å². The van der Waals surface area contributed by atoms with Crippen molar-refractivity contribution >= 4 is 5.97 Å². The Morgan fingerprint density at radius 3 is 0.836 bits per heavy atom. The molecule has 14 nitrogen and oxygen atoms in total. The van der Waals surface area contributed by atoms with E-state index < -0.39 is 0 Å². The highest BCUT2D eigenvalue weighted by Gasteiger charge is 2.03. The highest BCUT2D eigenvalue weighted by Crippen LogP contribution is 2.13. The van der Waals surface area contributed by atoms with Crippen molar-refractivity contribution in [3.63, 3.8) is 0 Å². The Morgan fingerprint density at radius 2 is 0.564 bits per heavy atom. The lowest BCUT2D eigenvalue weighted by molar-refractivity contribution is -0.145. The lowest BCUT2D eigenvalue weighted by Gasteiger charge is -2.09. The van der Waals surface area contributed by atoms with Crippen molar-refractivity contribution in [2.75, 3.05) is 166 Å². The maximum absolute atomic E-state index is 11.9. The summed E-state index contributed by atoms with van der Waals surface area (Å²) in [4.78, 5) is 11.9. The van der Waals surface area contributed by atoms with Gasteiger partial charge in [-0.05, 0) is 13.5 Å². The minimum absolute atomic E-state index is 0.132. The molecule has 0 aliphatic heterocycles. The van der Waals surface area contributed by atoms with Crippen molar-refractivity contribution in [2.24, 2.45) is 0 Å². The van der Waals surface area contributed by atoms with E-state index >= 15 is 0 Å². The number of carbonyl (C=O) groups excluding carboxylic acids is 1. The normalized spacial score (nSPS) is 11.5.